The van der Waals surface area contributed by atoms with E-state index in [1.54, 1.807) is 18.4 Å². The summed E-state index contributed by atoms with van der Waals surface area (Å²) in [4.78, 5) is 30.1. The lowest BCUT2D eigenvalue weighted by Crippen LogP contribution is -2.47. The fourth-order valence-electron chi connectivity index (χ4n) is 3.12. The van der Waals surface area contributed by atoms with Gasteiger partial charge < -0.3 is 9.88 Å². The summed E-state index contributed by atoms with van der Waals surface area (Å²) < 4.78 is 1.38. The molecule has 1 saturated heterocycles. The highest BCUT2D eigenvalue weighted by Gasteiger charge is 2.40. The van der Waals surface area contributed by atoms with E-state index in [-0.39, 0.29) is 17.1 Å². The fraction of sp³-hybridized carbons (Fsp3) is 0.467. The van der Waals surface area contributed by atoms with Crippen LogP contribution in [0.15, 0.2) is 28.5 Å². The van der Waals surface area contributed by atoms with E-state index in [0.29, 0.717) is 5.69 Å². The summed E-state index contributed by atoms with van der Waals surface area (Å²) in [6, 6.07) is 4.16. The van der Waals surface area contributed by atoms with Crippen LogP contribution in [0.25, 0.3) is 0 Å². The van der Waals surface area contributed by atoms with E-state index in [9.17, 15) is 9.59 Å². The van der Waals surface area contributed by atoms with Gasteiger partial charge in [-0.1, -0.05) is 6.07 Å². The Morgan fingerprint density at radius 1 is 1.52 bits per heavy atom. The molecular formula is C15H19N3O2S. The average Bonchev–Trinajstić information content (AvgIpc) is 3.14. The van der Waals surface area contributed by atoms with E-state index in [1.165, 1.54) is 15.6 Å². The van der Waals surface area contributed by atoms with E-state index < -0.39 is 0 Å². The molecule has 112 valence electrons. The number of aromatic nitrogens is 2. The predicted molar refractivity (Wildman–Crippen MR) is 82.7 cm³/mol. The van der Waals surface area contributed by atoms with Crippen LogP contribution in [-0.4, -0.2) is 32.4 Å². The molecule has 5 nitrogen and oxygen atoms in total. The molecule has 1 fully saturated rings. The van der Waals surface area contributed by atoms with Gasteiger partial charge in [-0.05, 0) is 31.2 Å². The molecule has 0 bridgehead atoms. The topological polar surface area (TPSA) is 58.1 Å². The first-order valence-electron chi connectivity index (χ1n) is 7.10. The number of imidazole rings is 1. The van der Waals surface area contributed by atoms with E-state index in [0.717, 1.165) is 25.8 Å². The zero-order chi connectivity index (χ0) is 15.0. The first kappa shape index (κ1) is 14.1. The van der Waals surface area contributed by atoms with Crippen molar-refractivity contribution in [3.63, 3.8) is 0 Å². The number of aromatic amines is 1. The summed E-state index contributed by atoms with van der Waals surface area (Å²) in [5.74, 6) is -0.0626. The largest absolute Gasteiger partial charge is 0.332 e. The third kappa shape index (κ3) is 2.44. The summed E-state index contributed by atoms with van der Waals surface area (Å²) in [6.45, 7) is 2.89. The lowest BCUT2D eigenvalue weighted by molar-refractivity contribution is 0.0615. The molecule has 1 atom stereocenters. The van der Waals surface area contributed by atoms with Crippen LogP contribution in [0.2, 0.25) is 0 Å². The van der Waals surface area contributed by atoms with E-state index in [1.807, 2.05) is 11.0 Å². The molecule has 0 spiro atoms. The van der Waals surface area contributed by atoms with Gasteiger partial charge in [0.15, 0.2) is 0 Å². The Balaban J connectivity index is 1.88. The van der Waals surface area contributed by atoms with Gasteiger partial charge in [0.05, 0.1) is 0 Å². The summed E-state index contributed by atoms with van der Waals surface area (Å²) in [5, 5.41) is 2.07. The van der Waals surface area contributed by atoms with Crippen molar-refractivity contribution in [3.05, 3.63) is 44.8 Å². The van der Waals surface area contributed by atoms with E-state index in [4.69, 9.17) is 0 Å². The lowest BCUT2D eigenvalue weighted by Gasteiger charge is -2.35. The summed E-state index contributed by atoms with van der Waals surface area (Å²) >= 11 is 1.73. The van der Waals surface area contributed by atoms with Crippen molar-refractivity contribution in [1.29, 1.82) is 0 Å². The molecule has 0 radical (unpaired) electrons. The third-order valence-electron chi connectivity index (χ3n) is 4.35. The first-order valence-corrected chi connectivity index (χ1v) is 7.98. The van der Waals surface area contributed by atoms with Crippen LogP contribution in [0.3, 0.4) is 0 Å². The lowest BCUT2D eigenvalue weighted by atomic mass is 9.93. The van der Waals surface area contributed by atoms with Gasteiger partial charge in [0.2, 0.25) is 0 Å². The zero-order valence-electron chi connectivity index (χ0n) is 12.3. The third-order valence-corrected chi connectivity index (χ3v) is 5.22. The smallest absolute Gasteiger partial charge is 0.325 e. The van der Waals surface area contributed by atoms with Crippen LogP contribution < -0.4 is 5.69 Å². The molecule has 3 rings (SSSR count). The maximum Gasteiger partial charge on any atom is 0.325 e. The Morgan fingerprint density at radius 3 is 2.95 bits per heavy atom. The SMILES string of the molecule is Cn1c(C(=O)N2CCCC2(C)Cc2cccs2)c[nH]c1=O. The average molecular weight is 305 g/mol. The minimum absolute atomic E-state index is 0.0626. The number of rotatable bonds is 3. The number of carbonyl (C=O) groups excluding carboxylic acids is 1. The van der Waals surface area contributed by atoms with Gasteiger partial charge in [-0.15, -0.1) is 11.3 Å². The number of nitrogens with one attached hydrogen (secondary N) is 1. The van der Waals surface area contributed by atoms with E-state index >= 15 is 0 Å². The molecule has 21 heavy (non-hydrogen) atoms. The minimum Gasteiger partial charge on any atom is -0.332 e. The van der Waals surface area contributed by atoms with Crippen LogP contribution in [0.4, 0.5) is 0 Å². The molecule has 1 amide bonds. The highest BCUT2D eigenvalue weighted by Crippen LogP contribution is 2.34. The van der Waals surface area contributed by atoms with Gasteiger partial charge in [0.25, 0.3) is 5.91 Å². The Bertz CT molecular complexity index is 701. The number of amides is 1. The van der Waals surface area contributed by atoms with Crippen molar-refractivity contribution in [2.75, 3.05) is 6.54 Å². The van der Waals surface area contributed by atoms with Crippen LogP contribution in [0, 0.1) is 0 Å². The summed E-state index contributed by atoms with van der Waals surface area (Å²) in [5.41, 5.74) is 0.00623. The Hall–Kier alpha value is -1.82. The van der Waals surface area contributed by atoms with Crippen molar-refractivity contribution in [3.8, 4) is 0 Å². The molecule has 1 aliphatic heterocycles. The summed E-state index contributed by atoms with van der Waals surface area (Å²) in [7, 11) is 1.62. The number of carbonyl (C=O) groups is 1. The van der Waals surface area contributed by atoms with Gasteiger partial charge in [-0.2, -0.15) is 0 Å². The molecular weight excluding hydrogens is 286 g/mol. The number of nitrogens with zero attached hydrogens (tertiary/aromatic N) is 2. The second kappa shape index (κ2) is 5.18. The molecule has 0 saturated carbocycles. The fourth-order valence-corrected chi connectivity index (χ4v) is 4.00. The van der Waals surface area contributed by atoms with Gasteiger partial charge in [0.1, 0.15) is 5.69 Å². The van der Waals surface area contributed by atoms with Crippen molar-refractivity contribution < 1.29 is 4.79 Å². The van der Waals surface area contributed by atoms with Gasteiger partial charge in [-0.3, -0.25) is 9.36 Å². The monoisotopic (exact) mass is 305 g/mol. The van der Waals surface area contributed by atoms with Crippen LogP contribution in [0.5, 0.6) is 0 Å². The first-order chi connectivity index (χ1) is 10.0. The van der Waals surface area contributed by atoms with Crippen LogP contribution in [0.1, 0.15) is 35.1 Å². The van der Waals surface area contributed by atoms with Crippen molar-refractivity contribution >= 4 is 17.2 Å². The van der Waals surface area contributed by atoms with Crippen LogP contribution >= 0.6 is 11.3 Å². The van der Waals surface area contributed by atoms with Crippen LogP contribution in [-0.2, 0) is 13.5 Å². The molecule has 1 unspecified atom stereocenters. The molecule has 2 aromatic rings. The zero-order valence-corrected chi connectivity index (χ0v) is 13.1. The Morgan fingerprint density at radius 2 is 2.33 bits per heavy atom. The van der Waals surface area contributed by atoms with E-state index in [2.05, 4.69) is 23.4 Å². The number of hydrogen-bond acceptors (Lipinski definition) is 3. The molecule has 3 heterocycles. The van der Waals surface area contributed by atoms with Crippen molar-refractivity contribution in [1.82, 2.24) is 14.5 Å². The quantitative estimate of drug-likeness (QED) is 0.943. The Labute approximate surface area is 127 Å². The second-order valence-corrected chi connectivity index (χ2v) is 6.88. The van der Waals surface area contributed by atoms with Gasteiger partial charge >= 0.3 is 5.69 Å². The molecule has 1 aliphatic rings. The number of thiophene rings is 1. The molecule has 6 heteroatoms. The highest BCUT2D eigenvalue weighted by atomic mass is 32.1. The van der Waals surface area contributed by atoms with Gasteiger partial charge in [0, 0.05) is 36.6 Å². The maximum absolute atomic E-state index is 12.8. The number of likely N-dealkylation sites (tertiary alicyclic amines) is 1. The normalized spacial score (nSPS) is 21.9. The Kier molecular flexibility index (Phi) is 3.49. The van der Waals surface area contributed by atoms with Crippen molar-refractivity contribution in [2.45, 2.75) is 31.7 Å². The highest BCUT2D eigenvalue weighted by molar-refractivity contribution is 7.09. The predicted octanol–water partition coefficient (Wildman–Crippen LogP) is 2.01. The van der Waals surface area contributed by atoms with Crippen molar-refractivity contribution in [2.24, 2.45) is 7.05 Å². The number of H-pyrrole nitrogens is 1. The minimum atomic E-state index is -0.252. The maximum atomic E-state index is 12.8. The molecule has 2 aromatic heterocycles. The number of hydrogen-bond donors (Lipinski definition) is 1. The molecule has 1 N–H and O–H groups in total. The molecule has 0 aliphatic carbocycles. The molecule has 0 aromatic carbocycles. The summed E-state index contributed by atoms with van der Waals surface area (Å²) in [6.07, 6.45) is 4.38. The standard InChI is InChI=1S/C15H19N3O2S/c1-15(9-11-5-3-8-21-11)6-4-7-18(15)13(19)12-10-16-14(20)17(12)2/h3,5,8,10H,4,6-7,9H2,1-2H3,(H,16,20). The second-order valence-electron chi connectivity index (χ2n) is 5.85. The van der Waals surface area contributed by atoms with Gasteiger partial charge in [-0.25, -0.2) is 4.79 Å².